The van der Waals surface area contributed by atoms with Crippen LogP contribution in [0.2, 0.25) is 0 Å². The summed E-state index contributed by atoms with van der Waals surface area (Å²) in [6, 6.07) is 12.6. The molecule has 6 heteroatoms. The number of esters is 1. The molecule has 0 aromatic heterocycles. The molecule has 26 heavy (non-hydrogen) atoms. The monoisotopic (exact) mass is 417 g/mol. The van der Waals surface area contributed by atoms with E-state index in [1.807, 2.05) is 13.0 Å². The van der Waals surface area contributed by atoms with Crippen molar-refractivity contribution in [2.24, 2.45) is 0 Å². The predicted octanol–water partition coefficient (Wildman–Crippen LogP) is 5.14. The molecule has 0 atom stereocenters. The third kappa shape index (κ3) is 4.77. The number of ether oxygens (including phenoxy) is 3. The van der Waals surface area contributed by atoms with Crippen LogP contribution in [0, 0.1) is 18.3 Å². The molecule has 2 aromatic rings. The third-order valence-corrected chi connectivity index (χ3v) is 4.26. The lowest BCUT2D eigenvalue weighted by atomic mass is 10.1. The average Bonchev–Trinajstić information content (AvgIpc) is 2.59. The molecule has 0 aliphatic heterocycles. The Balaban J connectivity index is 2.17. The van der Waals surface area contributed by atoms with Crippen molar-refractivity contribution in [3.8, 4) is 23.3 Å². The van der Waals surface area contributed by atoms with Gasteiger partial charge in [-0.1, -0.05) is 0 Å². The summed E-state index contributed by atoms with van der Waals surface area (Å²) in [5, 5.41) is 9.09. The number of nitrogens with zero attached hydrogens (tertiary/aromatic N) is 1. The second-order valence-electron chi connectivity index (χ2n) is 6.12. The van der Waals surface area contributed by atoms with Crippen molar-refractivity contribution in [3.05, 3.63) is 52.0 Å². The fourth-order valence-electron chi connectivity index (χ4n) is 2.21. The first-order valence-electron chi connectivity index (χ1n) is 8.11. The highest BCUT2D eigenvalue weighted by Crippen LogP contribution is 2.31. The van der Waals surface area contributed by atoms with Gasteiger partial charge in [-0.2, -0.15) is 5.26 Å². The van der Waals surface area contributed by atoms with E-state index in [9.17, 15) is 4.79 Å². The molecule has 136 valence electrons. The van der Waals surface area contributed by atoms with Gasteiger partial charge in [0.2, 0.25) is 0 Å². The van der Waals surface area contributed by atoms with Gasteiger partial charge in [-0.3, -0.25) is 0 Å². The van der Waals surface area contributed by atoms with Crippen LogP contribution >= 0.6 is 15.9 Å². The number of aryl methyl sites for hydroxylation is 1. The molecule has 5 nitrogen and oxygen atoms in total. The average molecular weight is 418 g/mol. The molecular weight excluding hydrogens is 398 g/mol. The van der Waals surface area contributed by atoms with Crippen LogP contribution in [0.1, 0.15) is 31.9 Å². The van der Waals surface area contributed by atoms with E-state index >= 15 is 0 Å². The molecule has 0 spiro atoms. The molecule has 0 radical (unpaired) electrons. The summed E-state index contributed by atoms with van der Waals surface area (Å²) in [6.45, 7) is 7.26. The third-order valence-electron chi connectivity index (χ3n) is 3.57. The zero-order chi connectivity index (χ0) is 19.3. The van der Waals surface area contributed by atoms with E-state index in [0.29, 0.717) is 33.9 Å². The molecule has 0 saturated carbocycles. The van der Waals surface area contributed by atoms with Gasteiger partial charge in [-0.05, 0) is 85.6 Å². The lowest BCUT2D eigenvalue weighted by Crippen LogP contribution is -2.39. The molecule has 2 aromatic carbocycles. The maximum Gasteiger partial charge on any atom is 0.349 e. The molecule has 0 N–H and O–H groups in total. The highest BCUT2D eigenvalue weighted by Gasteiger charge is 2.32. The van der Waals surface area contributed by atoms with Crippen molar-refractivity contribution < 1.29 is 19.0 Å². The quantitative estimate of drug-likeness (QED) is 0.608. The van der Waals surface area contributed by atoms with E-state index in [0.717, 1.165) is 5.56 Å². The molecule has 0 amide bonds. The Morgan fingerprint density at radius 2 is 1.85 bits per heavy atom. The van der Waals surface area contributed by atoms with Gasteiger partial charge in [0, 0.05) is 4.47 Å². The first-order valence-corrected chi connectivity index (χ1v) is 8.90. The fraction of sp³-hybridized carbons (Fsp3) is 0.300. The number of halogens is 1. The van der Waals surface area contributed by atoms with Gasteiger partial charge < -0.3 is 14.2 Å². The Kier molecular flexibility index (Phi) is 6.27. The molecule has 0 aliphatic rings. The molecule has 0 unspecified atom stereocenters. The van der Waals surface area contributed by atoms with Crippen LogP contribution in [-0.4, -0.2) is 18.2 Å². The predicted molar refractivity (Wildman–Crippen MR) is 101 cm³/mol. The molecular formula is C20H20BrNO4. The first kappa shape index (κ1) is 19.8. The number of rotatable bonds is 6. The standard InChI is InChI=1S/C20H20BrNO4/c1-5-24-19(23)20(3,4)26-18-9-7-15(10-13(18)2)25-16-6-8-17(21)14(11-16)12-22/h6-11H,5H2,1-4H3. The second kappa shape index (κ2) is 8.24. The van der Waals surface area contributed by atoms with E-state index in [2.05, 4.69) is 22.0 Å². The van der Waals surface area contributed by atoms with Gasteiger partial charge in [0.05, 0.1) is 12.2 Å². The van der Waals surface area contributed by atoms with Crippen molar-refractivity contribution >= 4 is 21.9 Å². The summed E-state index contributed by atoms with van der Waals surface area (Å²) >= 11 is 3.32. The number of hydrogen-bond acceptors (Lipinski definition) is 5. The van der Waals surface area contributed by atoms with Gasteiger partial charge in [-0.25, -0.2) is 4.79 Å². The number of benzene rings is 2. The summed E-state index contributed by atoms with van der Waals surface area (Å²) in [5.41, 5.74) is 0.226. The van der Waals surface area contributed by atoms with Crippen LogP contribution in [0.3, 0.4) is 0 Å². The maximum atomic E-state index is 12.0. The van der Waals surface area contributed by atoms with Crippen molar-refractivity contribution in [2.45, 2.75) is 33.3 Å². The Bertz CT molecular complexity index is 855. The Hall–Kier alpha value is -2.52. The van der Waals surface area contributed by atoms with Crippen LogP contribution in [0.25, 0.3) is 0 Å². The minimum absolute atomic E-state index is 0.301. The highest BCUT2D eigenvalue weighted by molar-refractivity contribution is 9.10. The normalized spacial score (nSPS) is 10.8. The summed E-state index contributed by atoms with van der Waals surface area (Å²) in [6.07, 6.45) is 0. The van der Waals surface area contributed by atoms with Gasteiger partial charge in [0.1, 0.15) is 23.3 Å². The van der Waals surface area contributed by atoms with E-state index < -0.39 is 11.6 Å². The summed E-state index contributed by atoms with van der Waals surface area (Å²) in [5.74, 6) is 1.32. The molecule has 2 rings (SSSR count). The first-order chi connectivity index (χ1) is 12.3. The van der Waals surface area contributed by atoms with Crippen LogP contribution in [0.4, 0.5) is 0 Å². The lowest BCUT2D eigenvalue weighted by molar-refractivity contribution is -0.158. The molecule has 0 fully saturated rings. The highest BCUT2D eigenvalue weighted by atomic mass is 79.9. The SMILES string of the molecule is CCOC(=O)C(C)(C)Oc1ccc(Oc2ccc(Br)c(C#N)c2)cc1C. The minimum atomic E-state index is -1.09. The topological polar surface area (TPSA) is 68.6 Å². The van der Waals surface area contributed by atoms with Gasteiger partial charge in [0.15, 0.2) is 5.60 Å². The largest absolute Gasteiger partial charge is 0.476 e. The molecule has 0 saturated heterocycles. The van der Waals surface area contributed by atoms with Crippen LogP contribution in [-0.2, 0) is 9.53 Å². The Morgan fingerprint density at radius 3 is 2.46 bits per heavy atom. The molecule has 0 heterocycles. The molecule has 0 aliphatic carbocycles. The van der Waals surface area contributed by atoms with Crippen LogP contribution in [0.15, 0.2) is 40.9 Å². The maximum absolute atomic E-state index is 12.0. The fourth-order valence-corrected chi connectivity index (χ4v) is 2.55. The minimum Gasteiger partial charge on any atom is -0.476 e. The zero-order valence-electron chi connectivity index (χ0n) is 15.1. The number of hydrogen-bond donors (Lipinski definition) is 0. The zero-order valence-corrected chi connectivity index (χ0v) is 16.7. The Morgan fingerprint density at radius 1 is 1.19 bits per heavy atom. The van der Waals surface area contributed by atoms with Gasteiger partial charge in [-0.15, -0.1) is 0 Å². The van der Waals surface area contributed by atoms with Gasteiger partial charge in [0.25, 0.3) is 0 Å². The number of nitriles is 1. The smallest absolute Gasteiger partial charge is 0.349 e. The summed E-state index contributed by atoms with van der Waals surface area (Å²) < 4.78 is 17.4. The Labute approximate surface area is 161 Å². The van der Waals surface area contributed by atoms with Crippen LogP contribution < -0.4 is 9.47 Å². The second-order valence-corrected chi connectivity index (χ2v) is 6.97. The van der Waals surface area contributed by atoms with E-state index in [4.69, 9.17) is 19.5 Å². The number of carbonyl (C=O) groups excluding carboxylic acids is 1. The van der Waals surface area contributed by atoms with Crippen molar-refractivity contribution in [3.63, 3.8) is 0 Å². The molecule has 0 bridgehead atoms. The van der Waals surface area contributed by atoms with Crippen LogP contribution in [0.5, 0.6) is 17.2 Å². The van der Waals surface area contributed by atoms with Crippen molar-refractivity contribution in [2.75, 3.05) is 6.61 Å². The van der Waals surface area contributed by atoms with E-state index in [1.165, 1.54) is 0 Å². The van der Waals surface area contributed by atoms with E-state index in [-0.39, 0.29) is 0 Å². The van der Waals surface area contributed by atoms with E-state index in [1.54, 1.807) is 51.1 Å². The lowest BCUT2D eigenvalue weighted by Gasteiger charge is -2.25. The van der Waals surface area contributed by atoms with Crippen molar-refractivity contribution in [1.29, 1.82) is 5.26 Å². The van der Waals surface area contributed by atoms with Crippen molar-refractivity contribution in [1.82, 2.24) is 0 Å². The summed E-state index contributed by atoms with van der Waals surface area (Å²) in [7, 11) is 0. The van der Waals surface area contributed by atoms with Gasteiger partial charge >= 0.3 is 5.97 Å². The number of carbonyl (C=O) groups is 1. The summed E-state index contributed by atoms with van der Waals surface area (Å²) in [4.78, 5) is 12.0.